The van der Waals surface area contributed by atoms with Gasteiger partial charge in [0, 0.05) is 11.8 Å². The molecule has 3 saturated carbocycles. The van der Waals surface area contributed by atoms with Crippen molar-refractivity contribution in [2.24, 2.45) is 28.6 Å². The quantitative estimate of drug-likeness (QED) is 0.640. The summed E-state index contributed by atoms with van der Waals surface area (Å²) in [7, 11) is -3.80. The Morgan fingerprint density at radius 3 is 2.60 bits per heavy atom. The first-order valence-electron chi connectivity index (χ1n) is 10.8. The Kier molecular flexibility index (Phi) is 5.13. The highest BCUT2D eigenvalue weighted by Crippen LogP contribution is 2.67. The molecule has 0 aliphatic heterocycles. The van der Waals surface area contributed by atoms with Crippen LogP contribution in [0, 0.1) is 28.6 Å². The van der Waals surface area contributed by atoms with Crippen LogP contribution in [-0.4, -0.2) is 54.8 Å². The number of aliphatic hydroxyl groups excluding tert-OH is 1. The molecule has 0 heterocycles. The van der Waals surface area contributed by atoms with E-state index in [2.05, 4.69) is 11.1 Å². The SMILES string of the molecule is C[C@]12CCC(=O)C=C1CC[C@@H]1[C@@H]2[C@@H](O)C[C@@]2(C)[C@H]1CC[C@]2(O)C(=O)COS(C)(=O)=O. The molecule has 8 heteroatoms. The summed E-state index contributed by atoms with van der Waals surface area (Å²) in [6.45, 7) is 3.33. The van der Waals surface area contributed by atoms with Crippen LogP contribution in [0.25, 0.3) is 0 Å². The van der Waals surface area contributed by atoms with Crippen LogP contribution in [0.2, 0.25) is 0 Å². The number of rotatable bonds is 4. The molecule has 168 valence electrons. The van der Waals surface area contributed by atoms with Gasteiger partial charge in [0.05, 0.1) is 12.4 Å². The van der Waals surface area contributed by atoms with Crippen molar-refractivity contribution in [3.63, 3.8) is 0 Å². The molecule has 3 fully saturated rings. The molecule has 4 aliphatic rings. The molecular weight excluding hydrogens is 408 g/mol. The van der Waals surface area contributed by atoms with Crippen LogP contribution in [0.3, 0.4) is 0 Å². The van der Waals surface area contributed by atoms with E-state index in [1.807, 2.05) is 6.92 Å². The van der Waals surface area contributed by atoms with Gasteiger partial charge >= 0.3 is 0 Å². The van der Waals surface area contributed by atoms with E-state index in [9.17, 15) is 28.2 Å². The smallest absolute Gasteiger partial charge is 0.264 e. The van der Waals surface area contributed by atoms with E-state index in [0.29, 0.717) is 12.8 Å². The fraction of sp³-hybridized carbons (Fsp3) is 0.818. The first kappa shape index (κ1) is 22.1. The first-order chi connectivity index (χ1) is 13.8. The fourth-order valence-electron chi connectivity index (χ4n) is 7.43. The minimum absolute atomic E-state index is 0.00611. The zero-order valence-corrected chi connectivity index (χ0v) is 18.7. The van der Waals surface area contributed by atoms with Crippen molar-refractivity contribution in [2.75, 3.05) is 12.9 Å². The van der Waals surface area contributed by atoms with Crippen molar-refractivity contribution in [3.8, 4) is 0 Å². The molecular formula is C22H32O7S. The number of allylic oxidation sites excluding steroid dienone is 1. The topological polar surface area (TPSA) is 118 Å². The maximum Gasteiger partial charge on any atom is 0.264 e. The monoisotopic (exact) mass is 440 g/mol. The highest BCUT2D eigenvalue weighted by atomic mass is 32.2. The lowest BCUT2D eigenvalue weighted by Crippen LogP contribution is -2.62. The molecule has 0 spiro atoms. The number of aliphatic hydroxyl groups is 2. The Labute approximate surface area is 178 Å². The summed E-state index contributed by atoms with van der Waals surface area (Å²) in [5.41, 5.74) is -1.66. The van der Waals surface area contributed by atoms with Crippen LogP contribution in [0.15, 0.2) is 11.6 Å². The summed E-state index contributed by atoms with van der Waals surface area (Å²) in [5.74, 6) is -0.286. The van der Waals surface area contributed by atoms with E-state index < -0.39 is 39.6 Å². The Morgan fingerprint density at radius 2 is 1.93 bits per heavy atom. The standard InChI is InChI=1S/C22H32O7S/c1-20-8-6-14(23)10-13(20)4-5-15-16-7-9-22(26,18(25)12-29-30(3,27)28)21(16,2)11-17(24)19(15)20/h10,15-17,19,24,26H,4-9,11-12H2,1-3H3/t15-,16-,17-,19+,20-,21-,22-/m0/s1. The van der Waals surface area contributed by atoms with Gasteiger partial charge in [0.1, 0.15) is 12.2 Å². The fourth-order valence-corrected chi connectivity index (χ4v) is 7.75. The zero-order valence-electron chi connectivity index (χ0n) is 17.9. The molecule has 0 radical (unpaired) electrons. The third kappa shape index (κ3) is 3.14. The van der Waals surface area contributed by atoms with Crippen LogP contribution in [-0.2, 0) is 23.9 Å². The average molecular weight is 441 g/mol. The molecule has 7 atom stereocenters. The van der Waals surface area contributed by atoms with Gasteiger partial charge < -0.3 is 10.2 Å². The zero-order chi connectivity index (χ0) is 22.1. The predicted octanol–water partition coefficient (Wildman–Crippen LogP) is 1.77. The highest BCUT2D eigenvalue weighted by Gasteiger charge is 2.68. The average Bonchev–Trinajstić information content (AvgIpc) is 2.91. The summed E-state index contributed by atoms with van der Waals surface area (Å²) in [6.07, 6.45) is 5.95. The molecule has 0 aromatic rings. The molecule has 0 amide bonds. The van der Waals surface area contributed by atoms with Crippen molar-refractivity contribution >= 4 is 21.7 Å². The summed E-state index contributed by atoms with van der Waals surface area (Å²) < 4.78 is 27.3. The molecule has 0 aromatic heterocycles. The number of carbonyl (C=O) groups excluding carboxylic acids is 2. The van der Waals surface area contributed by atoms with Crippen LogP contribution in [0.1, 0.15) is 58.8 Å². The normalized spacial score (nSPS) is 45.9. The van der Waals surface area contributed by atoms with Gasteiger partial charge in [-0.15, -0.1) is 0 Å². The number of ketones is 2. The van der Waals surface area contributed by atoms with Crippen molar-refractivity contribution in [3.05, 3.63) is 11.6 Å². The second-order valence-corrected chi connectivity index (χ2v) is 12.0. The Balaban J connectivity index is 1.65. The lowest BCUT2D eigenvalue weighted by Gasteiger charge is -2.60. The summed E-state index contributed by atoms with van der Waals surface area (Å²) in [6, 6.07) is 0. The summed E-state index contributed by atoms with van der Waals surface area (Å²) in [5, 5.41) is 22.8. The van der Waals surface area contributed by atoms with Crippen molar-refractivity contribution < 1.29 is 32.4 Å². The minimum atomic E-state index is -3.80. The maximum atomic E-state index is 12.9. The van der Waals surface area contributed by atoms with Crippen LogP contribution < -0.4 is 0 Å². The van der Waals surface area contributed by atoms with Gasteiger partial charge in [0.15, 0.2) is 11.6 Å². The van der Waals surface area contributed by atoms with E-state index in [0.717, 1.165) is 31.1 Å². The molecule has 0 aromatic carbocycles. The lowest BCUT2D eigenvalue weighted by molar-refractivity contribution is -0.181. The maximum absolute atomic E-state index is 12.9. The van der Waals surface area contributed by atoms with Gasteiger partial charge in [-0.3, -0.25) is 13.8 Å². The van der Waals surface area contributed by atoms with E-state index in [1.54, 1.807) is 6.08 Å². The second-order valence-electron chi connectivity index (χ2n) is 10.4. The van der Waals surface area contributed by atoms with Gasteiger partial charge in [-0.1, -0.05) is 19.4 Å². The van der Waals surface area contributed by atoms with Gasteiger partial charge in [-0.2, -0.15) is 8.42 Å². The van der Waals surface area contributed by atoms with Gasteiger partial charge in [-0.25, -0.2) is 0 Å². The number of carbonyl (C=O) groups is 2. The van der Waals surface area contributed by atoms with Crippen molar-refractivity contribution in [1.29, 1.82) is 0 Å². The molecule has 0 unspecified atom stereocenters. The van der Waals surface area contributed by atoms with E-state index in [1.165, 1.54) is 0 Å². The molecule has 0 saturated heterocycles. The van der Waals surface area contributed by atoms with Crippen LogP contribution in [0.5, 0.6) is 0 Å². The Hall–Kier alpha value is -1.09. The van der Waals surface area contributed by atoms with Gasteiger partial charge in [-0.05, 0) is 67.8 Å². The molecule has 4 aliphatic carbocycles. The predicted molar refractivity (Wildman–Crippen MR) is 109 cm³/mol. The third-order valence-electron chi connectivity index (χ3n) is 8.91. The molecule has 0 bridgehead atoms. The molecule has 4 rings (SSSR count). The van der Waals surface area contributed by atoms with Crippen molar-refractivity contribution in [1.82, 2.24) is 0 Å². The van der Waals surface area contributed by atoms with Crippen molar-refractivity contribution in [2.45, 2.75) is 70.5 Å². The summed E-state index contributed by atoms with van der Waals surface area (Å²) >= 11 is 0. The number of hydrogen-bond donors (Lipinski definition) is 2. The number of Topliss-reactive ketones (excluding diaryl/α,β-unsaturated/α-hetero) is 1. The van der Waals surface area contributed by atoms with E-state index >= 15 is 0 Å². The first-order valence-corrected chi connectivity index (χ1v) is 12.7. The second kappa shape index (κ2) is 6.95. The minimum Gasteiger partial charge on any atom is -0.393 e. The van der Waals surface area contributed by atoms with Gasteiger partial charge in [0.2, 0.25) is 0 Å². The largest absolute Gasteiger partial charge is 0.393 e. The molecule has 7 nitrogen and oxygen atoms in total. The molecule has 30 heavy (non-hydrogen) atoms. The number of hydrogen-bond acceptors (Lipinski definition) is 7. The van der Waals surface area contributed by atoms with Crippen LogP contribution >= 0.6 is 0 Å². The number of fused-ring (bicyclic) bond motifs is 5. The Bertz CT molecular complexity index is 908. The lowest BCUT2D eigenvalue weighted by atomic mass is 9.45. The van der Waals surface area contributed by atoms with E-state index in [-0.39, 0.29) is 41.8 Å². The summed E-state index contributed by atoms with van der Waals surface area (Å²) in [4.78, 5) is 24.9. The van der Waals surface area contributed by atoms with E-state index in [4.69, 9.17) is 0 Å². The van der Waals surface area contributed by atoms with Gasteiger partial charge in [0.25, 0.3) is 10.1 Å². The molecule has 2 N–H and O–H groups in total. The Morgan fingerprint density at radius 1 is 1.23 bits per heavy atom. The third-order valence-corrected chi connectivity index (χ3v) is 9.46. The van der Waals surface area contributed by atoms with Crippen LogP contribution in [0.4, 0.5) is 0 Å². The highest BCUT2D eigenvalue weighted by molar-refractivity contribution is 7.86.